The van der Waals surface area contributed by atoms with Gasteiger partial charge >= 0.3 is 0 Å². The number of aliphatic hydroxyl groups excluding tert-OH is 1. The van der Waals surface area contributed by atoms with E-state index in [-0.39, 0.29) is 5.82 Å². The van der Waals surface area contributed by atoms with Crippen molar-refractivity contribution >= 4 is 0 Å². The number of hydrogen-bond donors (Lipinski definition) is 1. The van der Waals surface area contributed by atoms with E-state index >= 15 is 0 Å². The van der Waals surface area contributed by atoms with E-state index in [0.29, 0.717) is 31.6 Å². The molecule has 1 aromatic rings. The van der Waals surface area contributed by atoms with Crippen LogP contribution in [0.1, 0.15) is 24.5 Å². The molecule has 1 N–H and O–H groups in total. The minimum absolute atomic E-state index is 0.306. The first-order chi connectivity index (χ1) is 8.18. The van der Waals surface area contributed by atoms with Gasteiger partial charge in [-0.05, 0) is 17.7 Å². The van der Waals surface area contributed by atoms with Crippen LogP contribution >= 0.6 is 0 Å². The first-order valence-electron chi connectivity index (χ1n) is 5.74. The quantitative estimate of drug-likeness (QED) is 0.878. The molecule has 1 atom stereocenters. The Morgan fingerprint density at radius 3 is 2.41 bits per heavy atom. The Kier molecular flexibility index (Phi) is 3.76. The van der Waals surface area contributed by atoms with Gasteiger partial charge in [0.25, 0.3) is 0 Å². The van der Waals surface area contributed by atoms with Crippen molar-refractivity contribution in [1.82, 2.24) is 0 Å². The lowest BCUT2D eigenvalue weighted by molar-refractivity contribution is -0.154. The van der Waals surface area contributed by atoms with Gasteiger partial charge in [-0.25, -0.2) is 4.39 Å². The number of aliphatic hydroxyl groups is 1. The molecule has 1 aliphatic rings. The second kappa shape index (κ2) is 5.12. The molecule has 0 aromatic heterocycles. The molecule has 1 fully saturated rings. The summed E-state index contributed by atoms with van der Waals surface area (Å²) in [6, 6.07) is 5.88. The molecule has 1 saturated heterocycles. The summed E-state index contributed by atoms with van der Waals surface area (Å²) in [6.45, 7) is 1.15. The second-order valence-corrected chi connectivity index (χ2v) is 4.34. The number of ether oxygens (including phenoxy) is 2. The van der Waals surface area contributed by atoms with Gasteiger partial charge in [0, 0.05) is 33.2 Å². The maximum atomic E-state index is 12.8. The van der Waals surface area contributed by atoms with Crippen molar-refractivity contribution in [3.05, 3.63) is 35.6 Å². The molecule has 4 heteroatoms. The summed E-state index contributed by atoms with van der Waals surface area (Å²) in [4.78, 5) is 0. The highest BCUT2D eigenvalue weighted by molar-refractivity contribution is 5.21. The van der Waals surface area contributed by atoms with Gasteiger partial charge in [-0.1, -0.05) is 12.1 Å². The molecule has 17 heavy (non-hydrogen) atoms. The van der Waals surface area contributed by atoms with Crippen molar-refractivity contribution in [1.29, 1.82) is 0 Å². The fraction of sp³-hybridized carbons (Fsp3) is 0.538. The largest absolute Gasteiger partial charge is 0.385 e. The first kappa shape index (κ1) is 12.5. The number of methoxy groups -OCH3 is 1. The number of halogens is 1. The Morgan fingerprint density at radius 2 is 1.88 bits per heavy atom. The summed E-state index contributed by atoms with van der Waals surface area (Å²) in [5, 5.41) is 10.4. The molecule has 0 amide bonds. The molecule has 1 unspecified atom stereocenters. The second-order valence-electron chi connectivity index (χ2n) is 4.34. The highest BCUT2D eigenvalue weighted by Gasteiger charge is 2.40. The zero-order valence-corrected chi connectivity index (χ0v) is 9.86. The Balaban J connectivity index is 2.21. The van der Waals surface area contributed by atoms with Gasteiger partial charge in [-0.3, -0.25) is 0 Å². The maximum absolute atomic E-state index is 12.8. The molecule has 0 aliphatic carbocycles. The van der Waals surface area contributed by atoms with Gasteiger partial charge in [0.15, 0.2) is 0 Å². The van der Waals surface area contributed by atoms with Crippen molar-refractivity contribution in [2.24, 2.45) is 0 Å². The van der Waals surface area contributed by atoms with E-state index in [1.807, 2.05) is 0 Å². The predicted molar refractivity (Wildman–Crippen MR) is 61.2 cm³/mol. The Labute approximate surface area is 100 Å². The lowest BCUT2D eigenvalue weighted by Crippen LogP contribution is -2.43. The van der Waals surface area contributed by atoms with Gasteiger partial charge in [0.05, 0.1) is 0 Å². The first-order valence-corrected chi connectivity index (χ1v) is 5.74. The van der Waals surface area contributed by atoms with E-state index in [9.17, 15) is 9.50 Å². The fourth-order valence-electron chi connectivity index (χ4n) is 2.25. The maximum Gasteiger partial charge on any atom is 0.123 e. The van der Waals surface area contributed by atoms with Crippen LogP contribution in [0.4, 0.5) is 4.39 Å². The Hall–Kier alpha value is -0.970. The Bertz CT molecular complexity index is 357. The number of rotatable bonds is 3. The van der Waals surface area contributed by atoms with E-state index in [0.717, 1.165) is 0 Å². The van der Waals surface area contributed by atoms with E-state index < -0.39 is 11.7 Å². The standard InChI is InChI=1S/C13H17FO3/c1-16-13(6-8-17-9-7-13)12(15)10-2-4-11(14)5-3-10/h2-5,12,15H,6-9H2,1H3. The van der Waals surface area contributed by atoms with E-state index in [1.165, 1.54) is 12.1 Å². The van der Waals surface area contributed by atoms with Crippen molar-refractivity contribution in [2.75, 3.05) is 20.3 Å². The fourth-order valence-corrected chi connectivity index (χ4v) is 2.25. The van der Waals surface area contributed by atoms with Crippen LogP contribution in [0.2, 0.25) is 0 Å². The van der Waals surface area contributed by atoms with E-state index in [1.54, 1.807) is 19.2 Å². The average molecular weight is 240 g/mol. The van der Waals surface area contributed by atoms with Crippen LogP contribution in [0.25, 0.3) is 0 Å². The minimum atomic E-state index is -0.753. The molecule has 94 valence electrons. The summed E-state index contributed by atoms with van der Waals surface area (Å²) < 4.78 is 23.6. The monoisotopic (exact) mass is 240 g/mol. The molecule has 1 aromatic carbocycles. The van der Waals surface area contributed by atoms with Crippen molar-refractivity contribution in [3.8, 4) is 0 Å². The predicted octanol–water partition coefficient (Wildman–Crippen LogP) is 2.05. The lowest BCUT2D eigenvalue weighted by atomic mass is 9.84. The highest BCUT2D eigenvalue weighted by atomic mass is 19.1. The SMILES string of the molecule is COC1(C(O)c2ccc(F)cc2)CCOCC1. The van der Waals surface area contributed by atoms with Gasteiger partial charge in [0.2, 0.25) is 0 Å². The molecule has 1 heterocycles. The molecule has 0 bridgehead atoms. The lowest BCUT2D eigenvalue weighted by Gasteiger charge is -2.39. The topological polar surface area (TPSA) is 38.7 Å². The number of hydrogen-bond acceptors (Lipinski definition) is 3. The summed E-state index contributed by atoms with van der Waals surface area (Å²) in [6.07, 6.45) is 0.529. The van der Waals surface area contributed by atoms with Gasteiger partial charge in [0.1, 0.15) is 17.5 Å². The molecule has 0 saturated carbocycles. The highest BCUT2D eigenvalue weighted by Crippen LogP contribution is 2.37. The van der Waals surface area contributed by atoms with Crippen molar-refractivity contribution in [2.45, 2.75) is 24.5 Å². The molecule has 0 radical (unpaired) electrons. The average Bonchev–Trinajstić information content (AvgIpc) is 2.39. The van der Waals surface area contributed by atoms with E-state index in [2.05, 4.69) is 0 Å². The number of benzene rings is 1. The molecule has 2 rings (SSSR count). The molecular formula is C13H17FO3. The molecular weight excluding hydrogens is 223 g/mol. The van der Waals surface area contributed by atoms with Crippen LogP contribution in [0.15, 0.2) is 24.3 Å². The minimum Gasteiger partial charge on any atom is -0.385 e. The summed E-state index contributed by atoms with van der Waals surface area (Å²) in [5.41, 5.74) is 0.0611. The van der Waals surface area contributed by atoms with Crippen LogP contribution in [-0.4, -0.2) is 31.0 Å². The van der Waals surface area contributed by atoms with Crippen LogP contribution in [-0.2, 0) is 9.47 Å². The molecule has 3 nitrogen and oxygen atoms in total. The summed E-state index contributed by atoms with van der Waals surface area (Å²) >= 11 is 0. The molecule has 0 spiro atoms. The van der Waals surface area contributed by atoms with Crippen LogP contribution < -0.4 is 0 Å². The third kappa shape index (κ3) is 2.49. The third-order valence-corrected chi connectivity index (χ3v) is 3.43. The van der Waals surface area contributed by atoms with Gasteiger partial charge in [-0.2, -0.15) is 0 Å². The third-order valence-electron chi connectivity index (χ3n) is 3.43. The normalized spacial score (nSPS) is 21.1. The van der Waals surface area contributed by atoms with Crippen molar-refractivity contribution < 1.29 is 19.0 Å². The summed E-state index contributed by atoms with van der Waals surface area (Å²) in [5.74, 6) is -0.306. The van der Waals surface area contributed by atoms with Crippen LogP contribution in [0, 0.1) is 5.82 Å². The van der Waals surface area contributed by atoms with Crippen LogP contribution in [0.3, 0.4) is 0 Å². The van der Waals surface area contributed by atoms with Gasteiger partial charge < -0.3 is 14.6 Å². The van der Waals surface area contributed by atoms with Gasteiger partial charge in [-0.15, -0.1) is 0 Å². The van der Waals surface area contributed by atoms with E-state index in [4.69, 9.17) is 9.47 Å². The Morgan fingerprint density at radius 1 is 1.29 bits per heavy atom. The zero-order valence-electron chi connectivity index (χ0n) is 9.86. The smallest absolute Gasteiger partial charge is 0.123 e. The zero-order chi connectivity index (χ0) is 12.3. The van der Waals surface area contributed by atoms with Crippen LogP contribution in [0.5, 0.6) is 0 Å². The van der Waals surface area contributed by atoms with Crippen molar-refractivity contribution in [3.63, 3.8) is 0 Å². The summed E-state index contributed by atoms with van der Waals surface area (Å²) in [7, 11) is 1.60. The molecule has 1 aliphatic heterocycles.